The van der Waals surface area contributed by atoms with Crippen molar-refractivity contribution in [1.29, 1.82) is 0 Å². The quantitative estimate of drug-likeness (QED) is 0.166. The van der Waals surface area contributed by atoms with Crippen molar-refractivity contribution in [2.24, 2.45) is 0 Å². The number of hydrogen-bond acceptors (Lipinski definition) is 10. The summed E-state index contributed by atoms with van der Waals surface area (Å²) >= 11 is 0. The van der Waals surface area contributed by atoms with Crippen LogP contribution in [0.5, 0.6) is 23.0 Å². The minimum atomic E-state index is -5.14. The number of nitrogens with zero attached hydrogens (tertiary/aromatic N) is 5. The second kappa shape index (κ2) is 15.0. The van der Waals surface area contributed by atoms with Crippen LogP contribution >= 0.6 is 0 Å². The molecular weight excluding hydrogens is 666 g/mol. The highest BCUT2D eigenvalue weighted by Gasteiger charge is 2.43. The summed E-state index contributed by atoms with van der Waals surface area (Å²) < 4.78 is 97.2. The molecule has 0 saturated carbocycles. The van der Waals surface area contributed by atoms with Crippen LogP contribution in [-0.4, -0.2) is 67.0 Å². The van der Waals surface area contributed by atoms with Gasteiger partial charge in [-0.15, -0.1) is 5.10 Å². The van der Waals surface area contributed by atoms with Gasteiger partial charge >= 0.3 is 13.9 Å². The third-order valence-electron chi connectivity index (χ3n) is 7.53. The van der Waals surface area contributed by atoms with Crippen LogP contribution in [0.4, 0.5) is 13.2 Å². The Bertz CT molecular complexity index is 1930. The van der Waals surface area contributed by atoms with Gasteiger partial charge in [0.1, 0.15) is 27.9 Å². The summed E-state index contributed by atoms with van der Waals surface area (Å²) in [5.74, 6) is 0.867. The van der Waals surface area contributed by atoms with Crippen LogP contribution in [0, 0.1) is 0 Å². The average Bonchev–Trinajstić information content (AvgIpc) is 3.55. The van der Waals surface area contributed by atoms with Crippen LogP contribution < -0.4 is 18.9 Å². The Morgan fingerprint density at radius 2 is 1.27 bits per heavy atom. The normalized spacial score (nSPS) is 11.8. The molecule has 1 aromatic heterocycles. The maximum Gasteiger partial charge on any atom is 0.504 e. The molecule has 1 N–H and O–H groups in total. The monoisotopic (exact) mass is 697 g/mol. The van der Waals surface area contributed by atoms with E-state index in [2.05, 4.69) is 15.5 Å². The highest BCUT2D eigenvalue weighted by molar-refractivity contribution is 7.89. The number of benzene rings is 4. The van der Waals surface area contributed by atoms with Crippen molar-refractivity contribution < 1.29 is 45.5 Å². The molecule has 5 aromatic rings. The number of ether oxygens (including phenoxy) is 3. The number of hydrogen-bond donors (Lipinski definition) is 1. The van der Waals surface area contributed by atoms with E-state index in [9.17, 15) is 26.6 Å². The van der Waals surface area contributed by atoms with Crippen LogP contribution in [0.3, 0.4) is 0 Å². The molecule has 0 bridgehead atoms. The lowest BCUT2D eigenvalue weighted by atomic mass is 10.1. The number of tetrazole rings is 1. The minimum Gasteiger partial charge on any atom is -0.538 e. The zero-order chi connectivity index (χ0) is 35.2. The van der Waals surface area contributed by atoms with Gasteiger partial charge in [0, 0.05) is 13.1 Å². The minimum absolute atomic E-state index is 0.0535. The van der Waals surface area contributed by atoms with E-state index in [1.165, 1.54) is 21.3 Å². The molecule has 0 unspecified atom stereocenters. The third kappa shape index (κ3) is 7.96. The van der Waals surface area contributed by atoms with E-state index >= 15 is 0 Å². The van der Waals surface area contributed by atoms with Crippen molar-refractivity contribution in [3.8, 4) is 34.4 Å². The van der Waals surface area contributed by atoms with Crippen molar-refractivity contribution in [3.05, 3.63) is 107 Å². The van der Waals surface area contributed by atoms with Crippen molar-refractivity contribution in [2.45, 2.75) is 30.7 Å². The Balaban J connectivity index is 1.72. The molecule has 17 heteroatoms. The van der Waals surface area contributed by atoms with Gasteiger partial charge in [0.15, 0.2) is 5.82 Å². The van der Waals surface area contributed by atoms with E-state index < -0.39 is 39.9 Å². The number of sulfonamides is 1. The molecular formula is C32H31BF3N5O7S. The fourth-order valence-electron chi connectivity index (χ4n) is 5.08. The molecule has 0 spiro atoms. The van der Waals surface area contributed by atoms with E-state index in [1.54, 1.807) is 72.8 Å². The fraction of sp³-hybridized carbons (Fsp3) is 0.219. The van der Waals surface area contributed by atoms with Crippen LogP contribution in [0.2, 0.25) is 0 Å². The molecule has 0 aliphatic heterocycles. The SMILES string of the molecule is COc1ccc(CN(Cc2ccc(OC)cc2)S(=O)(=O)c2c(C(F)(F)F)ccc(OBO)c2-c2nnnn2Cc2ccc(OC)cc2)cc1. The summed E-state index contributed by atoms with van der Waals surface area (Å²) in [5.41, 5.74) is -0.464. The van der Waals surface area contributed by atoms with Gasteiger partial charge in [0.25, 0.3) is 0 Å². The van der Waals surface area contributed by atoms with E-state index in [0.717, 1.165) is 15.1 Å². The van der Waals surface area contributed by atoms with Gasteiger partial charge in [-0.1, -0.05) is 36.4 Å². The Labute approximate surface area is 281 Å². The Hall–Kier alpha value is -5.13. The molecule has 256 valence electrons. The molecule has 0 saturated heterocycles. The largest absolute Gasteiger partial charge is 0.538 e. The van der Waals surface area contributed by atoms with Gasteiger partial charge in [-0.2, -0.15) is 17.5 Å². The van der Waals surface area contributed by atoms with Crippen LogP contribution in [0.1, 0.15) is 22.3 Å². The molecule has 0 amide bonds. The molecule has 0 aliphatic rings. The molecule has 0 radical (unpaired) electrons. The van der Waals surface area contributed by atoms with Crippen LogP contribution in [0.25, 0.3) is 11.4 Å². The van der Waals surface area contributed by atoms with Gasteiger partial charge in [-0.05, 0) is 75.6 Å². The first-order valence-corrected chi connectivity index (χ1v) is 16.1. The predicted octanol–water partition coefficient (Wildman–Crippen LogP) is 4.46. The van der Waals surface area contributed by atoms with Gasteiger partial charge in [0.05, 0.1) is 39.0 Å². The van der Waals surface area contributed by atoms with E-state index in [0.29, 0.717) is 40.0 Å². The number of rotatable bonds is 14. The summed E-state index contributed by atoms with van der Waals surface area (Å²) in [5, 5.41) is 21.3. The fourth-order valence-corrected chi connectivity index (χ4v) is 6.88. The van der Waals surface area contributed by atoms with E-state index in [1.807, 2.05) is 0 Å². The van der Waals surface area contributed by atoms with Gasteiger partial charge in [0.2, 0.25) is 10.0 Å². The highest BCUT2D eigenvalue weighted by Crippen LogP contribution is 2.45. The first-order valence-electron chi connectivity index (χ1n) is 14.6. The van der Waals surface area contributed by atoms with Crippen molar-refractivity contribution in [1.82, 2.24) is 24.5 Å². The summed E-state index contributed by atoms with van der Waals surface area (Å²) in [6.07, 6.45) is -5.14. The number of methoxy groups -OCH3 is 3. The molecule has 1 heterocycles. The van der Waals surface area contributed by atoms with Crippen molar-refractivity contribution in [3.63, 3.8) is 0 Å². The molecule has 49 heavy (non-hydrogen) atoms. The molecule has 0 fully saturated rings. The van der Waals surface area contributed by atoms with Gasteiger partial charge in [-0.25, -0.2) is 13.1 Å². The molecule has 12 nitrogen and oxygen atoms in total. The molecule has 0 aliphatic carbocycles. The average molecular weight is 698 g/mol. The van der Waals surface area contributed by atoms with Gasteiger partial charge in [-0.3, -0.25) is 0 Å². The second-order valence-corrected chi connectivity index (χ2v) is 12.4. The Morgan fingerprint density at radius 1 is 0.776 bits per heavy atom. The van der Waals surface area contributed by atoms with Crippen molar-refractivity contribution in [2.75, 3.05) is 21.3 Å². The lowest BCUT2D eigenvalue weighted by molar-refractivity contribution is -0.139. The Kier molecular flexibility index (Phi) is 10.7. The number of halogens is 3. The Morgan fingerprint density at radius 3 is 1.71 bits per heavy atom. The first-order chi connectivity index (χ1) is 23.5. The summed E-state index contributed by atoms with van der Waals surface area (Å²) in [4.78, 5) is -1.14. The number of alkyl halides is 3. The summed E-state index contributed by atoms with van der Waals surface area (Å²) in [6, 6.07) is 21.2. The lowest BCUT2D eigenvalue weighted by Gasteiger charge is -2.27. The van der Waals surface area contributed by atoms with E-state index in [4.69, 9.17) is 18.9 Å². The van der Waals surface area contributed by atoms with E-state index in [-0.39, 0.29) is 31.2 Å². The second-order valence-electron chi connectivity index (χ2n) is 10.6. The highest BCUT2D eigenvalue weighted by atomic mass is 32.2. The lowest BCUT2D eigenvalue weighted by Crippen LogP contribution is -2.32. The van der Waals surface area contributed by atoms with Crippen LogP contribution in [0.15, 0.2) is 89.8 Å². The smallest absolute Gasteiger partial charge is 0.504 e. The molecule has 5 rings (SSSR count). The molecule has 4 aromatic carbocycles. The summed E-state index contributed by atoms with van der Waals surface area (Å²) in [7, 11) is -1.61. The maximum atomic E-state index is 14.8. The van der Waals surface area contributed by atoms with Gasteiger partial charge < -0.3 is 23.9 Å². The summed E-state index contributed by atoms with van der Waals surface area (Å²) in [6.45, 7) is -0.698. The first kappa shape index (κ1) is 35.2. The standard InChI is InChI=1S/C32H31BF3N5O7S/c1-45-24-10-4-21(5-11-24)18-40(19-22-6-12-25(46-2)13-7-22)49(43,44)30-27(32(34,35)36)16-17-28(48-33-42)29(30)31-37-38-39-41(31)20-23-8-14-26(47-3)15-9-23/h4-17,33,42H,18-20H2,1-3H3. The van der Waals surface area contributed by atoms with Crippen molar-refractivity contribution >= 4 is 17.7 Å². The molecule has 0 atom stereocenters. The zero-order valence-electron chi connectivity index (χ0n) is 26.6. The topological polar surface area (TPSA) is 138 Å². The number of aromatic nitrogens is 4. The third-order valence-corrected chi connectivity index (χ3v) is 9.40. The predicted molar refractivity (Wildman–Crippen MR) is 173 cm³/mol. The van der Waals surface area contributed by atoms with Crippen LogP contribution in [-0.2, 0) is 35.8 Å². The maximum absolute atomic E-state index is 14.8. The zero-order valence-corrected chi connectivity index (χ0v) is 27.4.